The van der Waals surface area contributed by atoms with Gasteiger partial charge in [-0.15, -0.1) is 0 Å². The molecule has 0 atom stereocenters. The van der Waals surface area contributed by atoms with Crippen LogP contribution in [0.15, 0.2) is 18.2 Å². The van der Waals surface area contributed by atoms with Crippen molar-refractivity contribution in [2.45, 2.75) is 19.5 Å². The molecule has 2 N–H and O–H groups in total. The lowest BCUT2D eigenvalue weighted by Crippen LogP contribution is -2.39. The number of phenols is 2. The summed E-state index contributed by atoms with van der Waals surface area (Å²) in [5.74, 6) is -1.73. The van der Waals surface area contributed by atoms with Crippen LogP contribution in [-0.2, 0) is 0 Å². The number of carbonyl (C=O) groups excluding carboxylic acids is 1. The van der Waals surface area contributed by atoms with Gasteiger partial charge >= 0.3 is 6.18 Å². The average molecular weight is 277 g/mol. The maximum Gasteiger partial charge on any atom is 0.406 e. The molecule has 0 radical (unpaired) electrons. The van der Waals surface area contributed by atoms with Gasteiger partial charge in [0.05, 0.1) is 5.56 Å². The first-order chi connectivity index (χ1) is 8.74. The highest BCUT2D eigenvalue weighted by Crippen LogP contribution is 2.25. The third-order valence-corrected chi connectivity index (χ3v) is 2.36. The minimum atomic E-state index is -4.52. The SMILES string of the molecule is CCCN(CC(F)(F)F)C(=O)c1cc(O)ccc1O. The molecule has 1 aromatic carbocycles. The Hall–Kier alpha value is -1.92. The lowest BCUT2D eigenvalue weighted by molar-refractivity contribution is -0.140. The molecule has 1 rings (SSSR count). The number of benzene rings is 1. The highest BCUT2D eigenvalue weighted by Gasteiger charge is 2.33. The number of alkyl halides is 3. The van der Waals surface area contributed by atoms with Gasteiger partial charge in [0, 0.05) is 6.54 Å². The summed E-state index contributed by atoms with van der Waals surface area (Å²) in [6.45, 7) is 0.154. The molecule has 19 heavy (non-hydrogen) atoms. The van der Waals surface area contributed by atoms with E-state index in [1.54, 1.807) is 6.92 Å². The number of nitrogens with zero attached hydrogens (tertiary/aromatic N) is 1. The number of hydrogen-bond donors (Lipinski definition) is 2. The van der Waals surface area contributed by atoms with Crippen LogP contribution < -0.4 is 0 Å². The average Bonchev–Trinajstić information content (AvgIpc) is 2.29. The minimum Gasteiger partial charge on any atom is -0.508 e. The van der Waals surface area contributed by atoms with Crippen molar-refractivity contribution in [2.24, 2.45) is 0 Å². The molecule has 1 amide bonds. The van der Waals surface area contributed by atoms with E-state index < -0.39 is 24.4 Å². The van der Waals surface area contributed by atoms with E-state index in [0.717, 1.165) is 18.2 Å². The Morgan fingerprint density at radius 3 is 2.47 bits per heavy atom. The third-order valence-electron chi connectivity index (χ3n) is 2.36. The van der Waals surface area contributed by atoms with Crippen molar-refractivity contribution in [3.63, 3.8) is 0 Å². The fourth-order valence-electron chi connectivity index (χ4n) is 1.60. The Bertz CT molecular complexity index is 460. The van der Waals surface area contributed by atoms with Crippen LogP contribution in [0, 0.1) is 0 Å². The van der Waals surface area contributed by atoms with Gasteiger partial charge in [0.1, 0.15) is 18.0 Å². The fraction of sp³-hybridized carbons (Fsp3) is 0.417. The molecule has 0 aromatic heterocycles. The zero-order valence-electron chi connectivity index (χ0n) is 10.2. The van der Waals surface area contributed by atoms with Crippen LogP contribution in [0.3, 0.4) is 0 Å². The highest BCUT2D eigenvalue weighted by molar-refractivity contribution is 5.97. The zero-order valence-corrected chi connectivity index (χ0v) is 10.2. The van der Waals surface area contributed by atoms with Gasteiger partial charge in [-0.3, -0.25) is 4.79 Å². The van der Waals surface area contributed by atoms with E-state index in [0.29, 0.717) is 11.3 Å². The molecule has 0 aliphatic rings. The van der Waals surface area contributed by atoms with Crippen LogP contribution in [0.5, 0.6) is 11.5 Å². The van der Waals surface area contributed by atoms with E-state index in [9.17, 15) is 28.2 Å². The summed E-state index contributed by atoms with van der Waals surface area (Å²) in [6.07, 6.45) is -4.17. The third kappa shape index (κ3) is 4.35. The minimum absolute atomic E-state index is 0.0898. The van der Waals surface area contributed by atoms with E-state index in [4.69, 9.17) is 0 Å². The molecule has 0 aliphatic carbocycles. The fourth-order valence-corrected chi connectivity index (χ4v) is 1.60. The summed E-state index contributed by atoms with van der Waals surface area (Å²) in [4.78, 5) is 12.5. The molecule has 0 fully saturated rings. The molecule has 0 saturated carbocycles. The predicted octanol–water partition coefficient (Wildman–Crippen LogP) is 2.51. The van der Waals surface area contributed by atoms with Crippen molar-refractivity contribution < 1.29 is 28.2 Å². The maximum absolute atomic E-state index is 12.4. The van der Waals surface area contributed by atoms with Crippen molar-refractivity contribution in [1.29, 1.82) is 0 Å². The number of rotatable bonds is 4. The van der Waals surface area contributed by atoms with Gasteiger partial charge in [0.2, 0.25) is 0 Å². The first-order valence-corrected chi connectivity index (χ1v) is 5.62. The normalized spacial score (nSPS) is 11.4. The van der Waals surface area contributed by atoms with Crippen LogP contribution in [0.4, 0.5) is 13.2 Å². The predicted molar refractivity (Wildman–Crippen MR) is 62.0 cm³/mol. The van der Waals surface area contributed by atoms with Crippen LogP contribution in [0.25, 0.3) is 0 Å². The molecule has 7 heteroatoms. The van der Waals surface area contributed by atoms with Gasteiger partial charge in [-0.25, -0.2) is 0 Å². The van der Waals surface area contributed by atoms with Crippen LogP contribution in [0.1, 0.15) is 23.7 Å². The Labute approximate surface area is 108 Å². The molecule has 0 bridgehead atoms. The van der Waals surface area contributed by atoms with E-state index in [-0.39, 0.29) is 17.9 Å². The van der Waals surface area contributed by atoms with E-state index in [1.165, 1.54) is 0 Å². The number of phenolic OH excluding ortho intramolecular Hbond substituents is 2. The van der Waals surface area contributed by atoms with Crippen LogP contribution in [-0.4, -0.2) is 40.3 Å². The summed E-state index contributed by atoms with van der Waals surface area (Å²) in [5.41, 5.74) is -0.349. The number of amides is 1. The monoisotopic (exact) mass is 277 g/mol. The summed E-state index contributed by atoms with van der Waals surface area (Å²) >= 11 is 0. The second-order valence-electron chi connectivity index (χ2n) is 4.04. The van der Waals surface area contributed by atoms with Crippen molar-refractivity contribution in [3.05, 3.63) is 23.8 Å². The molecule has 4 nitrogen and oxygen atoms in total. The quantitative estimate of drug-likeness (QED) is 0.831. The van der Waals surface area contributed by atoms with Crippen molar-refractivity contribution in [3.8, 4) is 11.5 Å². The maximum atomic E-state index is 12.4. The summed E-state index contributed by atoms with van der Waals surface area (Å²) < 4.78 is 37.1. The lowest BCUT2D eigenvalue weighted by Gasteiger charge is -2.23. The van der Waals surface area contributed by atoms with Crippen LogP contribution >= 0.6 is 0 Å². The highest BCUT2D eigenvalue weighted by atomic mass is 19.4. The largest absolute Gasteiger partial charge is 0.508 e. The second kappa shape index (κ2) is 5.81. The molecule has 106 valence electrons. The standard InChI is InChI=1S/C12H14F3NO3/c1-2-5-16(7-12(13,14)15)11(19)9-6-8(17)3-4-10(9)18/h3-4,6,17-18H,2,5,7H2,1H3. The van der Waals surface area contributed by atoms with Crippen molar-refractivity contribution in [2.75, 3.05) is 13.1 Å². The topological polar surface area (TPSA) is 60.8 Å². The number of hydrogen-bond acceptors (Lipinski definition) is 3. The molecular formula is C12H14F3NO3. The molecule has 0 heterocycles. The van der Waals surface area contributed by atoms with E-state index >= 15 is 0 Å². The molecule has 0 spiro atoms. The van der Waals surface area contributed by atoms with E-state index in [1.807, 2.05) is 0 Å². The summed E-state index contributed by atoms with van der Waals surface area (Å²) in [7, 11) is 0. The zero-order chi connectivity index (χ0) is 14.6. The first kappa shape index (κ1) is 15.1. The molecular weight excluding hydrogens is 263 g/mol. The smallest absolute Gasteiger partial charge is 0.406 e. The summed E-state index contributed by atoms with van der Waals surface area (Å²) in [6, 6.07) is 3.14. The Balaban J connectivity index is 3.02. The number of aromatic hydroxyl groups is 2. The van der Waals surface area contributed by atoms with Gasteiger partial charge in [-0.1, -0.05) is 6.92 Å². The molecule has 0 aliphatic heterocycles. The lowest BCUT2D eigenvalue weighted by atomic mass is 10.1. The Morgan fingerprint density at radius 2 is 1.95 bits per heavy atom. The Morgan fingerprint density at radius 1 is 1.32 bits per heavy atom. The Kier molecular flexibility index (Phi) is 4.63. The van der Waals surface area contributed by atoms with Gasteiger partial charge in [0.15, 0.2) is 0 Å². The van der Waals surface area contributed by atoms with Gasteiger partial charge in [0.25, 0.3) is 5.91 Å². The number of carbonyl (C=O) groups is 1. The first-order valence-electron chi connectivity index (χ1n) is 5.62. The molecule has 0 saturated heterocycles. The number of halogens is 3. The van der Waals surface area contributed by atoms with Crippen molar-refractivity contribution >= 4 is 5.91 Å². The van der Waals surface area contributed by atoms with Crippen LogP contribution in [0.2, 0.25) is 0 Å². The second-order valence-corrected chi connectivity index (χ2v) is 4.04. The van der Waals surface area contributed by atoms with Gasteiger partial charge < -0.3 is 15.1 Å². The molecule has 0 unspecified atom stereocenters. The molecule has 1 aromatic rings. The van der Waals surface area contributed by atoms with Gasteiger partial charge in [-0.05, 0) is 24.6 Å². The van der Waals surface area contributed by atoms with Gasteiger partial charge in [-0.2, -0.15) is 13.2 Å². The van der Waals surface area contributed by atoms with E-state index in [2.05, 4.69) is 0 Å². The summed E-state index contributed by atoms with van der Waals surface area (Å²) in [5, 5.41) is 18.7. The van der Waals surface area contributed by atoms with Crippen molar-refractivity contribution in [1.82, 2.24) is 4.90 Å².